The lowest BCUT2D eigenvalue weighted by atomic mass is 10.2. The predicted octanol–water partition coefficient (Wildman–Crippen LogP) is 1.37. The number of carbonyl (C=O) groups is 1. The summed E-state index contributed by atoms with van der Waals surface area (Å²) in [5, 5.41) is 9.40. The van der Waals surface area contributed by atoms with Crippen LogP contribution in [0.4, 0.5) is 5.69 Å². The van der Waals surface area contributed by atoms with Crippen LogP contribution in [-0.4, -0.2) is 22.6 Å². The van der Waals surface area contributed by atoms with Gasteiger partial charge in [-0.15, -0.1) is 0 Å². The van der Waals surface area contributed by atoms with Gasteiger partial charge in [0.05, 0.1) is 0 Å². The Kier molecular flexibility index (Phi) is 3.37. The van der Waals surface area contributed by atoms with Gasteiger partial charge in [-0.05, 0) is 18.2 Å². The Labute approximate surface area is 110 Å². The minimum Gasteiger partial charge on any atom is -0.508 e. The molecule has 0 aliphatic heterocycles. The monoisotopic (exact) mass is 258 g/mol. The van der Waals surface area contributed by atoms with Crippen LogP contribution >= 0.6 is 0 Å². The van der Waals surface area contributed by atoms with Crippen molar-refractivity contribution >= 4 is 11.6 Å². The van der Waals surface area contributed by atoms with E-state index in [-0.39, 0.29) is 17.2 Å². The van der Waals surface area contributed by atoms with Crippen LogP contribution in [-0.2, 0) is 7.05 Å². The minimum atomic E-state index is -0.302. The number of phenolic OH excluding ortho intramolecular Hbond substituents is 1. The van der Waals surface area contributed by atoms with Crippen LogP contribution in [0.15, 0.2) is 47.4 Å². The molecule has 5 heteroatoms. The molecule has 0 bridgehead atoms. The number of nitrogens with zero attached hydrogens (tertiary/aromatic N) is 2. The van der Waals surface area contributed by atoms with Crippen molar-refractivity contribution in [1.29, 1.82) is 0 Å². The smallest absolute Gasteiger partial charge is 0.258 e. The molecule has 0 fully saturated rings. The van der Waals surface area contributed by atoms with Crippen molar-refractivity contribution in [2.75, 3.05) is 11.9 Å². The predicted molar refractivity (Wildman–Crippen MR) is 72.5 cm³/mol. The van der Waals surface area contributed by atoms with Gasteiger partial charge >= 0.3 is 0 Å². The van der Waals surface area contributed by atoms with Gasteiger partial charge in [-0.3, -0.25) is 9.59 Å². The number of phenols is 1. The maximum absolute atomic E-state index is 12.2. The first-order valence-electron chi connectivity index (χ1n) is 5.73. The Hall–Kier alpha value is -2.56. The Morgan fingerprint density at radius 2 is 2.00 bits per heavy atom. The molecule has 19 heavy (non-hydrogen) atoms. The number of aryl methyl sites for hydroxylation is 1. The summed E-state index contributed by atoms with van der Waals surface area (Å²) >= 11 is 0. The second-order valence-corrected chi connectivity index (χ2v) is 4.25. The van der Waals surface area contributed by atoms with Crippen LogP contribution in [0.3, 0.4) is 0 Å². The van der Waals surface area contributed by atoms with Gasteiger partial charge in [0.25, 0.3) is 11.5 Å². The van der Waals surface area contributed by atoms with Gasteiger partial charge in [0.1, 0.15) is 5.75 Å². The molecule has 2 aromatic rings. The quantitative estimate of drug-likeness (QED) is 0.884. The number of rotatable bonds is 2. The van der Waals surface area contributed by atoms with Gasteiger partial charge < -0.3 is 14.6 Å². The third-order valence-corrected chi connectivity index (χ3v) is 2.87. The summed E-state index contributed by atoms with van der Waals surface area (Å²) in [6.45, 7) is 0. The average molecular weight is 258 g/mol. The molecule has 1 N–H and O–H groups in total. The van der Waals surface area contributed by atoms with Crippen molar-refractivity contribution in [2.45, 2.75) is 0 Å². The normalized spacial score (nSPS) is 10.2. The fourth-order valence-electron chi connectivity index (χ4n) is 1.69. The van der Waals surface area contributed by atoms with Crippen LogP contribution in [0.1, 0.15) is 10.4 Å². The molecule has 0 aliphatic rings. The molecular formula is C14H14N2O3. The fourth-order valence-corrected chi connectivity index (χ4v) is 1.69. The number of amides is 1. The van der Waals surface area contributed by atoms with Crippen LogP contribution in [0.25, 0.3) is 0 Å². The van der Waals surface area contributed by atoms with E-state index in [1.165, 1.54) is 27.7 Å². The SMILES string of the molecule is CN(C(=O)c1ccn(C)c(=O)c1)c1cccc(O)c1. The van der Waals surface area contributed by atoms with E-state index in [1.807, 2.05) is 0 Å². The zero-order valence-electron chi connectivity index (χ0n) is 10.7. The number of carbonyl (C=O) groups excluding carboxylic acids is 1. The Morgan fingerprint density at radius 1 is 1.26 bits per heavy atom. The fraction of sp³-hybridized carbons (Fsp3) is 0.143. The van der Waals surface area contributed by atoms with Gasteiger partial charge in [0, 0.05) is 43.7 Å². The highest BCUT2D eigenvalue weighted by atomic mass is 16.3. The molecular weight excluding hydrogens is 244 g/mol. The number of hydrogen-bond acceptors (Lipinski definition) is 3. The molecule has 0 unspecified atom stereocenters. The zero-order valence-corrected chi connectivity index (χ0v) is 10.7. The van der Waals surface area contributed by atoms with Crippen LogP contribution in [0.2, 0.25) is 0 Å². The summed E-state index contributed by atoms with van der Waals surface area (Å²) in [4.78, 5) is 25.1. The second kappa shape index (κ2) is 4.97. The van der Waals surface area contributed by atoms with Crippen molar-refractivity contribution < 1.29 is 9.90 Å². The van der Waals surface area contributed by atoms with Gasteiger partial charge in [-0.1, -0.05) is 6.07 Å². The minimum absolute atomic E-state index is 0.0844. The molecule has 0 aliphatic carbocycles. The van der Waals surface area contributed by atoms with Gasteiger partial charge in [-0.2, -0.15) is 0 Å². The molecule has 2 rings (SSSR count). The summed E-state index contributed by atoms with van der Waals surface area (Å²) in [7, 11) is 3.21. The lowest BCUT2D eigenvalue weighted by molar-refractivity contribution is 0.0992. The van der Waals surface area contributed by atoms with E-state index in [4.69, 9.17) is 0 Å². The Morgan fingerprint density at radius 3 is 2.63 bits per heavy atom. The highest BCUT2D eigenvalue weighted by Crippen LogP contribution is 2.20. The molecule has 0 saturated heterocycles. The van der Waals surface area contributed by atoms with Crippen LogP contribution in [0, 0.1) is 0 Å². The number of anilines is 1. The number of pyridine rings is 1. The maximum Gasteiger partial charge on any atom is 0.258 e. The largest absolute Gasteiger partial charge is 0.508 e. The molecule has 0 radical (unpaired) electrons. The molecule has 1 aromatic heterocycles. The van der Waals surface area contributed by atoms with Crippen molar-refractivity contribution in [3.05, 3.63) is 58.5 Å². The molecule has 5 nitrogen and oxygen atoms in total. The third-order valence-electron chi connectivity index (χ3n) is 2.87. The molecule has 0 spiro atoms. The maximum atomic E-state index is 12.2. The van der Waals surface area contributed by atoms with Crippen LogP contribution < -0.4 is 10.5 Å². The van der Waals surface area contributed by atoms with E-state index >= 15 is 0 Å². The summed E-state index contributed by atoms with van der Waals surface area (Å²) in [5.41, 5.74) is 0.634. The molecule has 1 aromatic carbocycles. The lowest BCUT2D eigenvalue weighted by Crippen LogP contribution is -2.28. The summed E-state index contributed by atoms with van der Waals surface area (Å²) in [6.07, 6.45) is 1.55. The number of aromatic hydroxyl groups is 1. The molecule has 0 saturated carbocycles. The van der Waals surface area contributed by atoms with Gasteiger partial charge in [0.2, 0.25) is 0 Å². The highest BCUT2D eigenvalue weighted by molar-refractivity contribution is 6.05. The lowest BCUT2D eigenvalue weighted by Gasteiger charge is -2.17. The molecule has 98 valence electrons. The number of hydrogen-bond donors (Lipinski definition) is 1. The van der Waals surface area contributed by atoms with Crippen LogP contribution in [0.5, 0.6) is 5.75 Å². The van der Waals surface area contributed by atoms with E-state index in [9.17, 15) is 14.7 Å². The zero-order chi connectivity index (χ0) is 14.0. The van der Waals surface area contributed by atoms with Crippen molar-refractivity contribution in [3.63, 3.8) is 0 Å². The van der Waals surface area contributed by atoms with Gasteiger partial charge in [0.15, 0.2) is 0 Å². The summed E-state index contributed by atoms with van der Waals surface area (Å²) in [6, 6.07) is 9.25. The summed E-state index contributed by atoms with van der Waals surface area (Å²) in [5.74, 6) is -0.218. The number of aromatic nitrogens is 1. The first-order valence-corrected chi connectivity index (χ1v) is 5.73. The van der Waals surface area contributed by atoms with Crippen molar-refractivity contribution in [3.8, 4) is 5.75 Å². The molecule has 0 atom stereocenters. The third kappa shape index (κ3) is 2.65. The number of benzene rings is 1. The Bertz CT molecular complexity index is 676. The first kappa shape index (κ1) is 12.9. The van der Waals surface area contributed by atoms with E-state index < -0.39 is 0 Å². The molecule has 1 heterocycles. The van der Waals surface area contributed by atoms with Crippen molar-refractivity contribution in [1.82, 2.24) is 4.57 Å². The second-order valence-electron chi connectivity index (χ2n) is 4.25. The summed E-state index contributed by atoms with van der Waals surface area (Å²) < 4.78 is 1.39. The Balaban J connectivity index is 2.33. The molecule has 1 amide bonds. The average Bonchev–Trinajstić information content (AvgIpc) is 2.40. The van der Waals surface area contributed by atoms with Gasteiger partial charge in [-0.25, -0.2) is 0 Å². The van der Waals surface area contributed by atoms with E-state index in [1.54, 1.807) is 38.5 Å². The van der Waals surface area contributed by atoms with E-state index in [2.05, 4.69) is 0 Å². The topological polar surface area (TPSA) is 62.5 Å². The first-order chi connectivity index (χ1) is 8.99. The van der Waals surface area contributed by atoms with Crippen molar-refractivity contribution in [2.24, 2.45) is 7.05 Å². The standard InChI is InChI=1S/C14H14N2O3/c1-15-7-6-10(8-13(15)18)14(19)16(2)11-4-3-5-12(17)9-11/h3-9,17H,1-2H3. The van der Waals surface area contributed by atoms with E-state index in [0.717, 1.165) is 0 Å². The van der Waals surface area contributed by atoms with E-state index in [0.29, 0.717) is 11.3 Å². The highest BCUT2D eigenvalue weighted by Gasteiger charge is 2.14.